The van der Waals surface area contributed by atoms with Gasteiger partial charge >= 0.3 is 0 Å². The molecule has 0 aliphatic carbocycles. The van der Waals surface area contributed by atoms with Crippen molar-refractivity contribution in [3.63, 3.8) is 0 Å². The van der Waals surface area contributed by atoms with Crippen LogP contribution in [0.1, 0.15) is 12.5 Å². The van der Waals surface area contributed by atoms with E-state index < -0.39 is 5.54 Å². The summed E-state index contributed by atoms with van der Waals surface area (Å²) in [7, 11) is 0. The van der Waals surface area contributed by atoms with E-state index in [0.717, 1.165) is 32.1 Å². The van der Waals surface area contributed by atoms with Crippen LogP contribution in [-0.4, -0.2) is 29.0 Å². The summed E-state index contributed by atoms with van der Waals surface area (Å²) in [5.74, 6) is 0. The maximum atomic E-state index is 9.49. The highest BCUT2D eigenvalue weighted by atomic mass is 35.5. The third kappa shape index (κ3) is 3.06. The molecule has 3 aromatic carbocycles. The van der Waals surface area contributed by atoms with Crippen LogP contribution in [0.3, 0.4) is 0 Å². The topological polar surface area (TPSA) is 52.5 Å². The molecule has 4 heteroatoms. The van der Waals surface area contributed by atoms with E-state index in [0.29, 0.717) is 6.54 Å². The van der Waals surface area contributed by atoms with Crippen LogP contribution in [-0.2, 0) is 6.54 Å². The first-order valence-corrected chi connectivity index (χ1v) is 8.01. The predicted octanol–water partition coefficient (Wildman–Crippen LogP) is 3.48. The third-order valence-corrected chi connectivity index (χ3v) is 4.68. The maximum Gasteiger partial charge on any atom is 0.0633 e. The number of hydrogen-bond donors (Lipinski definition) is 3. The molecular formula is C19H20ClNO2. The molecule has 0 unspecified atom stereocenters. The minimum Gasteiger partial charge on any atom is -0.394 e. The molecule has 0 atom stereocenters. The Morgan fingerprint density at radius 3 is 2.39 bits per heavy atom. The highest BCUT2D eigenvalue weighted by molar-refractivity contribution is 6.36. The molecule has 0 aromatic heterocycles. The van der Waals surface area contributed by atoms with Gasteiger partial charge in [0.25, 0.3) is 0 Å². The van der Waals surface area contributed by atoms with Crippen molar-refractivity contribution in [2.75, 3.05) is 13.2 Å². The zero-order chi connectivity index (χ0) is 16.4. The first-order valence-electron chi connectivity index (χ1n) is 7.63. The largest absolute Gasteiger partial charge is 0.394 e. The highest BCUT2D eigenvalue weighted by Crippen LogP contribution is 2.32. The molecule has 0 saturated carbocycles. The van der Waals surface area contributed by atoms with E-state index in [1.807, 2.05) is 24.3 Å². The average Bonchev–Trinajstić information content (AvgIpc) is 2.59. The molecule has 0 amide bonds. The van der Waals surface area contributed by atoms with Crippen LogP contribution < -0.4 is 5.32 Å². The molecule has 0 heterocycles. The van der Waals surface area contributed by atoms with Crippen molar-refractivity contribution in [1.29, 1.82) is 0 Å². The van der Waals surface area contributed by atoms with Crippen LogP contribution in [0.25, 0.3) is 21.5 Å². The van der Waals surface area contributed by atoms with E-state index in [-0.39, 0.29) is 13.2 Å². The summed E-state index contributed by atoms with van der Waals surface area (Å²) in [6.07, 6.45) is 0. The van der Waals surface area contributed by atoms with Gasteiger partial charge in [-0.15, -0.1) is 0 Å². The molecule has 0 saturated heterocycles. The molecule has 0 radical (unpaired) electrons. The third-order valence-electron chi connectivity index (χ3n) is 4.35. The van der Waals surface area contributed by atoms with Gasteiger partial charge in [0.2, 0.25) is 0 Å². The van der Waals surface area contributed by atoms with Gasteiger partial charge in [0.1, 0.15) is 0 Å². The first kappa shape index (κ1) is 16.2. The Bertz CT molecular complexity index is 843. The Morgan fingerprint density at radius 1 is 0.957 bits per heavy atom. The molecule has 0 aliphatic heterocycles. The van der Waals surface area contributed by atoms with Crippen molar-refractivity contribution in [3.05, 3.63) is 59.1 Å². The minimum absolute atomic E-state index is 0.132. The zero-order valence-electron chi connectivity index (χ0n) is 13.0. The van der Waals surface area contributed by atoms with Crippen molar-refractivity contribution in [3.8, 4) is 0 Å². The van der Waals surface area contributed by atoms with Crippen LogP contribution in [0, 0.1) is 0 Å². The summed E-state index contributed by atoms with van der Waals surface area (Å²) in [6.45, 7) is 2.07. The van der Waals surface area contributed by atoms with Crippen LogP contribution in [0.2, 0.25) is 5.02 Å². The summed E-state index contributed by atoms with van der Waals surface area (Å²) in [5, 5.41) is 27.3. The predicted molar refractivity (Wildman–Crippen MR) is 95.9 cm³/mol. The molecule has 0 fully saturated rings. The quantitative estimate of drug-likeness (QED) is 0.628. The lowest BCUT2D eigenvalue weighted by Gasteiger charge is -2.27. The van der Waals surface area contributed by atoms with E-state index >= 15 is 0 Å². The summed E-state index contributed by atoms with van der Waals surface area (Å²) in [6, 6.07) is 16.2. The second kappa shape index (κ2) is 6.46. The average molecular weight is 330 g/mol. The Morgan fingerprint density at radius 2 is 1.65 bits per heavy atom. The number of fused-ring (bicyclic) bond motifs is 2. The number of aliphatic hydroxyl groups is 2. The first-order chi connectivity index (χ1) is 11.1. The maximum absolute atomic E-state index is 9.49. The number of hydrogen-bond acceptors (Lipinski definition) is 3. The van der Waals surface area contributed by atoms with E-state index in [1.165, 1.54) is 0 Å². The fourth-order valence-corrected chi connectivity index (χ4v) is 3.03. The van der Waals surface area contributed by atoms with Gasteiger partial charge in [-0.2, -0.15) is 0 Å². The van der Waals surface area contributed by atoms with Gasteiger partial charge in [-0.25, -0.2) is 0 Å². The molecule has 3 N–H and O–H groups in total. The molecule has 0 bridgehead atoms. The smallest absolute Gasteiger partial charge is 0.0633 e. The van der Waals surface area contributed by atoms with Gasteiger partial charge in [-0.3, -0.25) is 0 Å². The molecule has 0 aliphatic rings. The van der Waals surface area contributed by atoms with Gasteiger partial charge in [0.05, 0.1) is 18.8 Å². The van der Waals surface area contributed by atoms with Crippen LogP contribution in [0.4, 0.5) is 0 Å². The SMILES string of the molecule is CC(CO)(CO)NCc1c2ccccc2cc2c(Cl)cccc12. The Hall–Kier alpha value is -1.65. The second-order valence-electron chi connectivity index (χ2n) is 6.14. The van der Waals surface area contributed by atoms with Crippen molar-refractivity contribution in [2.24, 2.45) is 0 Å². The summed E-state index contributed by atoms with van der Waals surface area (Å²) < 4.78 is 0. The number of benzene rings is 3. The molecule has 3 aromatic rings. The van der Waals surface area contributed by atoms with Crippen LogP contribution in [0.15, 0.2) is 48.5 Å². The molecule has 0 spiro atoms. The zero-order valence-corrected chi connectivity index (χ0v) is 13.8. The Balaban J connectivity index is 2.17. The molecule has 3 rings (SSSR count). The molecule has 23 heavy (non-hydrogen) atoms. The monoisotopic (exact) mass is 329 g/mol. The van der Waals surface area contributed by atoms with Crippen molar-refractivity contribution < 1.29 is 10.2 Å². The summed E-state index contributed by atoms with van der Waals surface area (Å²) in [4.78, 5) is 0. The number of nitrogens with one attached hydrogen (secondary N) is 1. The van der Waals surface area contributed by atoms with Crippen molar-refractivity contribution in [1.82, 2.24) is 5.32 Å². The lowest BCUT2D eigenvalue weighted by Crippen LogP contribution is -2.48. The molecular weight excluding hydrogens is 310 g/mol. The number of halogens is 1. The standard InChI is InChI=1S/C19H20ClNO2/c1-19(11-22,12-23)21-10-17-14-6-3-2-5-13(14)9-16-15(17)7-4-8-18(16)20/h2-9,21-23H,10-12H2,1H3. The van der Waals surface area contributed by atoms with E-state index in [2.05, 4.69) is 29.6 Å². The molecule has 3 nitrogen and oxygen atoms in total. The second-order valence-corrected chi connectivity index (χ2v) is 6.55. The number of aliphatic hydroxyl groups excluding tert-OH is 2. The van der Waals surface area contributed by atoms with Gasteiger partial charge in [-0.05, 0) is 40.8 Å². The lowest BCUT2D eigenvalue weighted by molar-refractivity contribution is 0.103. The Kier molecular flexibility index (Phi) is 4.55. The summed E-state index contributed by atoms with van der Waals surface area (Å²) >= 11 is 6.37. The van der Waals surface area contributed by atoms with E-state index in [1.54, 1.807) is 6.92 Å². The van der Waals surface area contributed by atoms with E-state index in [4.69, 9.17) is 11.6 Å². The van der Waals surface area contributed by atoms with Crippen LogP contribution >= 0.6 is 11.6 Å². The van der Waals surface area contributed by atoms with Gasteiger partial charge < -0.3 is 15.5 Å². The normalized spacial score (nSPS) is 12.2. The van der Waals surface area contributed by atoms with Crippen molar-refractivity contribution in [2.45, 2.75) is 19.0 Å². The Labute approximate surface area is 140 Å². The fourth-order valence-electron chi connectivity index (χ4n) is 2.80. The van der Waals surface area contributed by atoms with E-state index in [9.17, 15) is 10.2 Å². The lowest BCUT2D eigenvalue weighted by atomic mass is 9.95. The van der Waals surface area contributed by atoms with Gasteiger partial charge in [0, 0.05) is 17.0 Å². The van der Waals surface area contributed by atoms with Crippen molar-refractivity contribution >= 4 is 33.1 Å². The highest BCUT2D eigenvalue weighted by Gasteiger charge is 2.22. The fraction of sp³-hybridized carbons (Fsp3) is 0.263. The minimum atomic E-state index is -0.720. The summed E-state index contributed by atoms with van der Waals surface area (Å²) in [5.41, 5.74) is 0.399. The van der Waals surface area contributed by atoms with Gasteiger partial charge in [0.15, 0.2) is 0 Å². The molecule has 120 valence electrons. The van der Waals surface area contributed by atoms with Gasteiger partial charge in [-0.1, -0.05) is 48.0 Å². The number of rotatable bonds is 5. The van der Waals surface area contributed by atoms with Crippen LogP contribution in [0.5, 0.6) is 0 Å².